The summed E-state index contributed by atoms with van der Waals surface area (Å²) < 4.78 is 0. The largest absolute Gasteiger partial charge is 0.303 e. The lowest BCUT2D eigenvalue weighted by Gasteiger charge is -2.37. The lowest BCUT2D eigenvalue weighted by Crippen LogP contribution is -2.43. The van der Waals surface area contributed by atoms with Crippen LogP contribution in [-0.2, 0) is 4.79 Å². The maximum absolute atomic E-state index is 10.2. The van der Waals surface area contributed by atoms with E-state index in [2.05, 4.69) is 56.1 Å². The van der Waals surface area contributed by atoms with Crippen LogP contribution in [0.1, 0.15) is 40.0 Å². The molecule has 0 heterocycles. The molecule has 1 aliphatic rings. The number of rotatable bonds is 7. The maximum atomic E-state index is 10.2. The Bertz CT molecular complexity index is 332. The van der Waals surface area contributed by atoms with Gasteiger partial charge in [-0.3, -0.25) is 4.90 Å². The second-order valence-corrected chi connectivity index (χ2v) is 4.87. The molecule has 0 atom stereocenters. The zero-order valence-corrected chi connectivity index (χ0v) is 11.9. The summed E-state index contributed by atoms with van der Waals surface area (Å²) in [6, 6.07) is 0. The number of likely N-dealkylation sites (N-methyl/N-ethyl adjacent to an activating group) is 1. The van der Waals surface area contributed by atoms with Crippen LogP contribution in [0.2, 0.25) is 0 Å². The highest BCUT2D eigenvalue weighted by Gasteiger charge is 2.25. The van der Waals surface area contributed by atoms with Crippen LogP contribution in [0.5, 0.6) is 0 Å². The van der Waals surface area contributed by atoms with E-state index in [0.717, 1.165) is 32.2 Å². The van der Waals surface area contributed by atoms with Crippen molar-refractivity contribution >= 4 is 6.29 Å². The van der Waals surface area contributed by atoms with Gasteiger partial charge in [-0.25, -0.2) is 0 Å². The van der Waals surface area contributed by atoms with Crippen molar-refractivity contribution in [1.82, 2.24) is 4.90 Å². The molecule has 0 unspecified atom stereocenters. The van der Waals surface area contributed by atoms with Crippen LogP contribution >= 0.6 is 0 Å². The van der Waals surface area contributed by atoms with Gasteiger partial charge in [-0.1, -0.05) is 44.2 Å². The minimum atomic E-state index is 0.0453. The van der Waals surface area contributed by atoms with Gasteiger partial charge in [0.15, 0.2) is 0 Å². The van der Waals surface area contributed by atoms with Gasteiger partial charge in [-0.05, 0) is 38.4 Å². The quantitative estimate of drug-likeness (QED) is 0.507. The molecule has 1 aliphatic carbocycles. The van der Waals surface area contributed by atoms with Crippen LogP contribution in [0.3, 0.4) is 0 Å². The molecule has 0 N–H and O–H groups in total. The van der Waals surface area contributed by atoms with E-state index in [4.69, 9.17) is 0 Å². The summed E-state index contributed by atoms with van der Waals surface area (Å²) in [7, 11) is 0. The highest BCUT2D eigenvalue weighted by Crippen LogP contribution is 2.24. The van der Waals surface area contributed by atoms with Gasteiger partial charge in [-0.2, -0.15) is 0 Å². The van der Waals surface area contributed by atoms with Gasteiger partial charge in [0.1, 0.15) is 6.29 Å². The Morgan fingerprint density at radius 3 is 2.28 bits per heavy atom. The Morgan fingerprint density at radius 2 is 1.78 bits per heavy atom. The Balaban J connectivity index is 2.60. The Hall–Kier alpha value is -1.15. The Labute approximate surface area is 111 Å². The number of carbonyl (C=O) groups excluding carboxylic acids is 1. The van der Waals surface area contributed by atoms with Crippen molar-refractivity contribution in [3.8, 4) is 0 Å². The lowest BCUT2D eigenvalue weighted by atomic mass is 9.91. The Kier molecular flexibility index (Phi) is 6.06. The first-order valence-electron chi connectivity index (χ1n) is 6.93. The summed E-state index contributed by atoms with van der Waals surface area (Å²) in [5.74, 6) is 0. The normalized spacial score (nSPS) is 22.6. The maximum Gasteiger partial charge on any atom is 0.120 e. The van der Waals surface area contributed by atoms with Gasteiger partial charge < -0.3 is 4.79 Å². The van der Waals surface area contributed by atoms with Gasteiger partial charge in [0.05, 0.1) is 5.54 Å². The number of nitrogens with zero attached hydrogens (tertiary/aromatic N) is 1. The molecular formula is C16H25NO. The van der Waals surface area contributed by atoms with Crippen molar-refractivity contribution in [2.45, 2.75) is 45.6 Å². The molecular weight excluding hydrogens is 222 g/mol. The van der Waals surface area contributed by atoms with E-state index in [1.807, 2.05) is 0 Å². The highest BCUT2D eigenvalue weighted by molar-refractivity contribution is 5.49. The molecule has 0 saturated carbocycles. The van der Waals surface area contributed by atoms with E-state index < -0.39 is 0 Å². The number of hydrogen-bond donors (Lipinski definition) is 0. The van der Waals surface area contributed by atoms with Crippen LogP contribution in [-0.4, -0.2) is 29.8 Å². The molecule has 0 spiro atoms. The fraction of sp³-hybridized carbons (Fsp3) is 0.562. The van der Waals surface area contributed by atoms with Gasteiger partial charge in [0.25, 0.3) is 0 Å². The van der Waals surface area contributed by atoms with Crippen LogP contribution in [0.15, 0.2) is 36.0 Å². The summed E-state index contributed by atoms with van der Waals surface area (Å²) in [6.45, 7) is 8.75. The summed E-state index contributed by atoms with van der Waals surface area (Å²) in [4.78, 5) is 12.7. The molecule has 0 fully saturated rings. The fourth-order valence-corrected chi connectivity index (χ4v) is 2.36. The van der Waals surface area contributed by atoms with Gasteiger partial charge in [0.2, 0.25) is 0 Å². The molecule has 0 saturated heterocycles. The van der Waals surface area contributed by atoms with E-state index in [9.17, 15) is 4.79 Å². The third kappa shape index (κ3) is 3.95. The molecule has 2 nitrogen and oxygen atoms in total. The first kappa shape index (κ1) is 14.9. The number of aldehydes is 1. The van der Waals surface area contributed by atoms with Gasteiger partial charge in [0, 0.05) is 6.42 Å². The number of unbranched alkanes of at least 4 members (excludes halogenated alkanes) is 2. The molecule has 0 aromatic rings. The lowest BCUT2D eigenvalue weighted by molar-refractivity contribution is -0.107. The van der Waals surface area contributed by atoms with E-state index in [1.165, 1.54) is 5.57 Å². The second-order valence-electron chi connectivity index (χ2n) is 4.87. The first-order chi connectivity index (χ1) is 8.66. The van der Waals surface area contributed by atoms with Crippen molar-refractivity contribution in [2.75, 3.05) is 13.1 Å². The predicted molar refractivity (Wildman–Crippen MR) is 77.6 cm³/mol. The van der Waals surface area contributed by atoms with E-state index in [1.54, 1.807) is 0 Å². The summed E-state index contributed by atoms with van der Waals surface area (Å²) >= 11 is 0. The zero-order valence-electron chi connectivity index (χ0n) is 11.9. The van der Waals surface area contributed by atoms with Crippen LogP contribution in [0.4, 0.5) is 0 Å². The number of carbonyl (C=O) groups is 1. The smallest absolute Gasteiger partial charge is 0.120 e. The standard InChI is InChI=1S/C16H25NO/c1-4-17(5-2)16(3)12-10-15(11-13-16)9-7-6-8-14-18/h9-14H,4-8H2,1-3H3. The molecule has 1 rings (SSSR count). The first-order valence-corrected chi connectivity index (χ1v) is 6.93. The summed E-state index contributed by atoms with van der Waals surface area (Å²) in [5.41, 5.74) is 1.30. The molecule has 0 aromatic heterocycles. The highest BCUT2D eigenvalue weighted by atomic mass is 16.1. The second kappa shape index (κ2) is 7.32. The third-order valence-corrected chi connectivity index (χ3v) is 3.58. The number of allylic oxidation sites excluding steroid dienone is 4. The van der Waals surface area contributed by atoms with Crippen LogP contribution in [0, 0.1) is 0 Å². The zero-order chi connectivity index (χ0) is 13.4. The number of hydrogen-bond acceptors (Lipinski definition) is 2. The monoisotopic (exact) mass is 247 g/mol. The minimum absolute atomic E-state index is 0.0453. The minimum Gasteiger partial charge on any atom is -0.303 e. The molecule has 0 radical (unpaired) electrons. The molecule has 0 aliphatic heterocycles. The summed E-state index contributed by atoms with van der Waals surface area (Å²) in [5, 5.41) is 0. The van der Waals surface area contributed by atoms with Crippen molar-refractivity contribution in [1.29, 1.82) is 0 Å². The molecule has 0 bridgehead atoms. The summed E-state index contributed by atoms with van der Waals surface area (Å²) in [6.07, 6.45) is 14.7. The van der Waals surface area contributed by atoms with Crippen molar-refractivity contribution in [3.63, 3.8) is 0 Å². The average Bonchev–Trinajstić information content (AvgIpc) is 2.38. The Morgan fingerprint density at radius 1 is 1.17 bits per heavy atom. The van der Waals surface area contributed by atoms with Gasteiger partial charge >= 0.3 is 0 Å². The molecule has 0 amide bonds. The van der Waals surface area contributed by atoms with Crippen LogP contribution < -0.4 is 0 Å². The van der Waals surface area contributed by atoms with Crippen molar-refractivity contribution in [3.05, 3.63) is 36.0 Å². The van der Waals surface area contributed by atoms with Gasteiger partial charge in [-0.15, -0.1) is 0 Å². The van der Waals surface area contributed by atoms with Crippen molar-refractivity contribution in [2.24, 2.45) is 0 Å². The van der Waals surface area contributed by atoms with E-state index in [-0.39, 0.29) is 5.54 Å². The van der Waals surface area contributed by atoms with E-state index in [0.29, 0.717) is 6.42 Å². The molecule has 2 heteroatoms. The molecule has 18 heavy (non-hydrogen) atoms. The predicted octanol–water partition coefficient (Wildman–Crippen LogP) is 3.51. The third-order valence-electron chi connectivity index (χ3n) is 3.58. The van der Waals surface area contributed by atoms with Crippen molar-refractivity contribution < 1.29 is 4.79 Å². The molecule has 100 valence electrons. The van der Waals surface area contributed by atoms with Crippen LogP contribution in [0.25, 0.3) is 0 Å². The fourth-order valence-electron chi connectivity index (χ4n) is 2.36. The average molecular weight is 247 g/mol. The molecule has 0 aromatic carbocycles. The topological polar surface area (TPSA) is 20.3 Å². The SMILES string of the molecule is CCN(CC)C1(C)C=CC(=CCCCC=O)C=C1. The van der Waals surface area contributed by atoms with E-state index >= 15 is 0 Å².